The minimum Gasteiger partial charge on any atom is -0.495 e. The number of furan rings is 1. The summed E-state index contributed by atoms with van der Waals surface area (Å²) in [5, 5.41) is 9.71. The summed E-state index contributed by atoms with van der Waals surface area (Å²) < 4.78 is 52.9. The molecule has 0 saturated heterocycles. The topological polar surface area (TPSA) is 81.3 Å². The average Bonchev–Trinajstić information content (AvgIpc) is 3.41. The molecule has 3 heterocycles. The molecule has 2 atom stereocenters. The van der Waals surface area contributed by atoms with Gasteiger partial charge in [-0.2, -0.15) is 18.3 Å². The summed E-state index contributed by atoms with van der Waals surface area (Å²) in [5.74, 6) is 0.264. The second-order valence-electron chi connectivity index (χ2n) is 8.98. The molecule has 0 unspecified atom stereocenters. The van der Waals surface area contributed by atoms with Crippen molar-refractivity contribution in [3.05, 3.63) is 59.7 Å². The number of carbonyl (C=O) groups is 1. The molecule has 176 valence electrons. The Hall–Kier alpha value is -3.43. The largest absolute Gasteiger partial charge is 0.495 e. The minimum atomic E-state index is -4.55. The Labute approximate surface area is 188 Å². The Morgan fingerprint density at radius 1 is 1.24 bits per heavy atom. The van der Waals surface area contributed by atoms with Gasteiger partial charge in [0.05, 0.1) is 25.1 Å². The van der Waals surface area contributed by atoms with Crippen LogP contribution in [0.2, 0.25) is 0 Å². The molecule has 4 rings (SSSR count). The molecule has 0 aliphatic carbocycles. The third-order valence-corrected chi connectivity index (χ3v) is 5.62. The number of aromatic nitrogens is 2. The van der Waals surface area contributed by atoms with Crippen molar-refractivity contribution >= 4 is 17.4 Å². The molecule has 0 saturated carbocycles. The van der Waals surface area contributed by atoms with Gasteiger partial charge in [-0.1, -0.05) is 26.8 Å². The van der Waals surface area contributed by atoms with Crippen LogP contribution < -0.4 is 15.4 Å². The molecule has 3 aromatic rings. The monoisotopic (exact) mass is 462 g/mol. The zero-order chi connectivity index (χ0) is 24.0. The number of nitrogens with zero attached hydrogens (tertiary/aromatic N) is 2. The van der Waals surface area contributed by atoms with Crippen molar-refractivity contribution in [3.63, 3.8) is 0 Å². The fraction of sp³-hybridized carbons (Fsp3) is 0.391. The lowest BCUT2D eigenvalue weighted by Crippen LogP contribution is -2.35. The number of amides is 1. The Bertz CT molecular complexity index is 1150. The molecule has 0 fully saturated rings. The van der Waals surface area contributed by atoms with Crippen LogP contribution in [0.1, 0.15) is 61.1 Å². The van der Waals surface area contributed by atoms with Gasteiger partial charge in [0.25, 0.3) is 5.91 Å². The van der Waals surface area contributed by atoms with E-state index in [1.807, 2.05) is 26.8 Å². The minimum absolute atomic E-state index is 0.0885. The number of hydrogen-bond acceptors (Lipinski definition) is 5. The van der Waals surface area contributed by atoms with Gasteiger partial charge in [0, 0.05) is 12.5 Å². The van der Waals surface area contributed by atoms with Gasteiger partial charge >= 0.3 is 6.18 Å². The van der Waals surface area contributed by atoms with E-state index in [1.54, 1.807) is 24.3 Å². The first-order chi connectivity index (χ1) is 15.5. The number of methoxy groups -OCH3 is 1. The van der Waals surface area contributed by atoms with Gasteiger partial charge in [-0.15, -0.1) is 0 Å². The predicted octanol–water partition coefficient (Wildman–Crippen LogP) is 5.69. The van der Waals surface area contributed by atoms with Gasteiger partial charge in [-0.05, 0) is 35.2 Å². The van der Waals surface area contributed by atoms with E-state index in [0.29, 0.717) is 17.2 Å². The number of benzene rings is 1. The van der Waals surface area contributed by atoms with E-state index in [1.165, 1.54) is 19.4 Å². The number of carbonyl (C=O) groups excluding carboxylic acids is 1. The van der Waals surface area contributed by atoms with Crippen LogP contribution in [0.4, 0.5) is 24.7 Å². The first-order valence-corrected chi connectivity index (χ1v) is 10.4. The summed E-state index contributed by atoms with van der Waals surface area (Å²) >= 11 is 0. The van der Waals surface area contributed by atoms with E-state index in [9.17, 15) is 18.0 Å². The quantitative estimate of drug-likeness (QED) is 0.520. The van der Waals surface area contributed by atoms with Crippen molar-refractivity contribution in [2.75, 3.05) is 17.7 Å². The van der Waals surface area contributed by atoms with Crippen molar-refractivity contribution in [3.8, 4) is 5.75 Å². The molecule has 10 heteroatoms. The zero-order valence-corrected chi connectivity index (χ0v) is 18.7. The van der Waals surface area contributed by atoms with Gasteiger partial charge in [-0.3, -0.25) is 4.79 Å². The molecule has 33 heavy (non-hydrogen) atoms. The van der Waals surface area contributed by atoms with Crippen LogP contribution >= 0.6 is 0 Å². The first-order valence-electron chi connectivity index (χ1n) is 10.4. The third kappa shape index (κ3) is 4.55. The molecule has 0 spiro atoms. The molecular formula is C23H25F3N4O3. The Morgan fingerprint density at radius 3 is 2.61 bits per heavy atom. The van der Waals surface area contributed by atoms with E-state index < -0.39 is 24.2 Å². The maximum absolute atomic E-state index is 13.8. The number of ether oxygens (including phenoxy) is 1. The number of halogens is 3. The Kier molecular flexibility index (Phi) is 5.63. The standard InChI is InChI=1S/C23H25F3N4O3/c1-22(2,3)13-7-8-17(32-4)14(10-13)28-21(31)16-12-20-27-15(18-6-5-9-33-18)11-19(23(24,25)26)30(20)29-16/h5-10,12,15,19,27H,11H2,1-4H3,(H,28,31)/t15-,19-/m0/s1. The SMILES string of the molecule is COc1ccc(C(C)(C)C)cc1NC(=O)c1cc2n(n1)[C@H](C(F)(F)F)C[C@@H](c1ccco1)N2. The first kappa shape index (κ1) is 22.8. The van der Waals surface area contributed by atoms with Crippen LogP contribution in [-0.4, -0.2) is 29.0 Å². The van der Waals surface area contributed by atoms with Crippen LogP contribution in [0, 0.1) is 0 Å². The second kappa shape index (κ2) is 8.17. The molecule has 7 nitrogen and oxygen atoms in total. The van der Waals surface area contributed by atoms with Gasteiger partial charge in [0.2, 0.25) is 0 Å². The van der Waals surface area contributed by atoms with Crippen LogP contribution in [0.25, 0.3) is 0 Å². The summed E-state index contributed by atoms with van der Waals surface area (Å²) in [5.41, 5.74) is 1.05. The molecular weight excluding hydrogens is 437 g/mol. The van der Waals surface area contributed by atoms with Crippen LogP contribution in [0.3, 0.4) is 0 Å². The fourth-order valence-corrected chi connectivity index (χ4v) is 3.82. The highest BCUT2D eigenvalue weighted by atomic mass is 19.4. The third-order valence-electron chi connectivity index (χ3n) is 5.62. The average molecular weight is 462 g/mol. The Morgan fingerprint density at radius 2 is 2.00 bits per heavy atom. The van der Waals surface area contributed by atoms with Crippen molar-refractivity contribution in [2.24, 2.45) is 0 Å². The van der Waals surface area contributed by atoms with Gasteiger partial charge in [0.15, 0.2) is 11.7 Å². The van der Waals surface area contributed by atoms with Crippen molar-refractivity contribution in [1.82, 2.24) is 9.78 Å². The number of alkyl halides is 3. The van der Waals surface area contributed by atoms with Crippen LogP contribution in [0.5, 0.6) is 5.75 Å². The summed E-state index contributed by atoms with van der Waals surface area (Å²) in [7, 11) is 1.48. The smallest absolute Gasteiger partial charge is 0.410 e. The van der Waals surface area contributed by atoms with Crippen LogP contribution in [-0.2, 0) is 5.41 Å². The van der Waals surface area contributed by atoms with E-state index >= 15 is 0 Å². The zero-order valence-electron chi connectivity index (χ0n) is 18.7. The van der Waals surface area contributed by atoms with Gasteiger partial charge < -0.3 is 19.8 Å². The lowest BCUT2D eigenvalue weighted by atomic mass is 9.87. The molecule has 1 aromatic carbocycles. The number of hydrogen-bond donors (Lipinski definition) is 2. The molecule has 1 aliphatic heterocycles. The molecule has 1 aliphatic rings. The predicted molar refractivity (Wildman–Crippen MR) is 117 cm³/mol. The van der Waals surface area contributed by atoms with Crippen molar-refractivity contribution < 1.29 is 27.1 Å². The maximum atomic E-state index is 13.8. The normalized spacial score (nSPS) is 18.4. The van der Waals surface area contributed by atoms with E-state index in [2.05, 4.69) is 15.7 Å². The van der Waals surface area contributed by atoms with Crippen molar-refractivity contribution in [2.45, 2.75) is 50.9 Å². The molecule has 0 radical (unpaired) electrons. The van der Waals surface area contributed by atoms with Crippen molar-refractivity contribution in [1.29, 1.82) is 0 Å². The van der Waals surface area contributed by atoms with E-state index in [4.69, 9.17) is 9.15 Å². The lowest BCUT2D eigenvalue weighted by molar-refractivity contribution is -0.174. The highest BCUT2D eigenvalue weighted by Crippen LogP contribution is 2.43. The maximum Gasteiger partial charge on any atom is 0.410 e. The highest BCUT2D eigenvalue weighted by molar-refractivity contribution is 6.04. The summed E-state index contributed by atoms with van der Waals surface area (Å²) in [6.07, 6.45) is -3.45. The molecule has 1 amide bonds. The van der Waals surface area contributed by atoms with E-state index in [-0.39, 0.29) is 23.3 Å². The van der Waals surface area contributed by atoms with Crippen LogP contribution in [0.15, 0.2) is 47.1 Å². The molecule has 2 N–H and O–H groups in total. The molecule has 2 aromatic heterocycles. The highest BCUT2D eigenvalue weighted by Gasteiger charge is 2.47. The van der Waals surface area contributed by atoms with Gasteiger partial charge in [-0.25, -0.2) is 4.68 Å². The second-order valence-corrected chi connectivity index (χ2v) is 8.98. The number of fused-ring (bicyclic) bond motifs is 1. The Balaban J connectivity index is 1.65. The number of anilines is 2. The lowest BCUT2D eigenvalue weighted by Gasteiger charge is -2.32. The summed E-state index contributed by atoms with van der Waals surface area (Å²) in [4.78, 5) is 13.0. The number of nitrogens with one attached hydrogen (secondary N) is 2. The summed E-state index contributed by atoms with van der Waals surface area (Å²) in [6, 6.07) is 7.36. The molecule has 0 bridgehead atoms. The van der Waals surface area contributed by atoms with E-state index in [0.717, 1.165) is 10.2 Å². The fourth-order valence-electron chi connectivity index (χ4n) is 3.82. The van der Waals surface area contributed by atoms with Gasteiger partial charge in [0.1, 0.15) is 17.3 Å². The number of rotatable bonds is 4. The summed E-state index contributed by atoms with van der Waals surface area (Å²) in [6.45, 7) is 6.09.